The molecule has 110 valence electrons. The van der Waals surface area contributed by atoms with Gasteiger partial charge in [-0.2, -0.15) is 0 Å². The quantitative estimate of drug-likeness (QED) is 0.858. The summed E-state index contributed by atoms with van der Waals surface area (Å²) in [5, 5.41) is 6.13. The number of pyridine rings is 1. The van der Waals surface area contributed by atoms with E-state index in [1.807, 2.05) is 32.0 Å². The van der Waals surface area contributed by atoms with E-state index in [9.17, 15) is 4.79 Å². The van der Waals surface area contributed by atoms with Gasteiger partial charge in [-0.25, -0.2) is 0 Å². The first-order chi connectivity index (χ1) is 10.1. The molecule has 2 N–H and O–H groups in total. The molecule has 0 saturated heterocycles. The van der Waals surface area contributed by atoms with Crippen molar-refractivity contribution >= 4 is 33.2 Å². The van der Waals surface area contributed by atoms with Crippen LogP contribution in [0.3, 0.4) is 0 Å². The number of hydrogen-bond donors (Lipinski definition) is 2. The SMILES string of the molecule is CCCNC(=O)c1cncc(Nc2ccc(Br)cc2C)c1. The number of nitrogens with zero attached hydrogens (tertiary/aromatic N) is 1. The molecule has 0 aliphatic carbocycles. The Kier molecular flexibility index (Phi) is 5.33. The average molecular weight is 348 g/mol. The van der Waals surface area contributed by atoms with E-state index >= 15 is 0 Å². The van der Waals surface area contributed by atoms with Gasteiger partial charge in [-0.15, -0.1) is 0 Å². The van der Waals surface area contributed by atoms with Gasteiger partial charge in [0.15, 0.2) is 0 Å². The Morgan fingerprint density at radius 2 is 2.10 bits per heavy atom. The molecule has 0 aliphatic rings. The predicted molar refractivity (Wildman–Crippen MR) is 89.0 cm³/mol. The molecule has 0 spiro atoms. The number of aromatic nitrogens is 1. The van der Waals surface area contributed by atoms with E-state index in [0.29, 0.717) is 12.1 Å². The number of aryl methyl sites for hydroxylation is 1. The summed E-state index contributed by atoms with van der Waals surface area (Å²) in [7, 11) is 0. The second-order valence-corrected chi connectivity index (χ2v) is 5.72. The third kappa shape index (κ3) is 4.29. The topological polar surface area (TPSA) is 54.0 Å². The zero-order valence-corrected chi connectivity index (χ0v) is 13.7. The van der Waals surface area contributed by atoms with E-state index in [-0.39, 0.29) is 5.91 Å². The van der Waals surface area contributed by atoms with Crippen LogP contribution in [0.2, 0.25) is 0 Å². The number of carbonyl (C=O) groups excluding carboxylic acids is 1. The first kappa shape index (κ1) is 15.5. The van der Waals surface area contributed by atoms with Gasteiger partial charge < -0.3 is 10.6 Å². The van der Waals surface area contributed by atoms with E-state index in [2.05, 4.69) is 31.5 Å². The Balaban J connectivity index is 2.15. The number of halogens is 1. The molecule has 2 aromatic rings. The summed E-state index contributed by atoms with van der Waals surface area (Å²) in [6.07, 6.45) is 4.19. The van der Waals surface area contributed by atoms with Crippen molar-refractivity contribution < 1.29 is 4.79 Å². The van der Waals surface area contributed by atoms with Crippen molar-refractivity contribution in [3.05, 3.63) is 52.3 Å². The maximum Gasteiger partial charge on any atom is 0.252 e. The maximum absolute atomic E-state index is 11.9. The van der Waals surface area contributed by atoms with E-state index in [0.717, 1.165) is 27.8 Å². The molecule has 0 saturated carbocycles. The Bertz CT molecular complexity index is 643. The largest absolute Gasteiger partial charge is 0.354 e. The Hall–Kier alpha value is -1.88. The molecule has 4 nitrogen and oxygen atoms in total. The van der Waals surface area contributed by atoms with Crippen LogP contribution in [0.1, 0.15) is 29.3 Å². The van der Waals surface area contributed by atoms with Gasteiger partial charge in [0, 0.05) is 22.9 Å². The van der Waals surface area contributed by atoms with Crippen LogP contribution in [-0.4, -0.2) is 17.4 Å². The molecule has 2 rings (SSSR count). The number of rotatable bonds is 5. The maximum atomic E-state index is 11.9. The van der Waals surface area contributed by atoms with E-state index in [4.69, 9.17) is 0 Å². The van der Waals surface area contributed by atoms with Crippen LogP contribution in [0.5, 0.6) is 0 Å². The standard InChI is InChI=1S/C16H18BrN3O/c1-3-6-19-16(21)12-8-14(10-18-9-12)20-15-5-4-13(17)7-11(15)2/h4-5,7-10,20H,3,6H2,1-2H3,(H,19,21). The summed E-state index contributed by atoms with van der Waals surface area (Å²) < 4.78 is 1.04. The van der Waals surface area contributed by atoms with Gasteiger partial charge in [0.05, 0.1) is 17.4 Å². The molecule has 0 radical (unpaired) electrons. The second kappa shape index (κ2) is 7.22. The molecule has 1 aromatic carbocycles. The van der Waals surface area contributed by atoms with Crippen LogP contribution in [0, 0.1) is 6.92 Å². The number of carbonyl (C=O) groups is 1. The van der Waals surface area contributed by atoms with Crippen molar-refractivity contribution in [2.24, 2.45) is 0 Å². The first-order valence-corrected chi connectivity index (χ1v) is 7.66. The van der Waals surface area contributed by atoms with E-state index in [1.54, 1.807) is 18.5 Å². The van der Waals surface area contributed by atoms with Gasteiger partial charge in [-0.1, -0.05) is 22.9 Å². The lowest BCUT2D eigenvalue weighted by Gasteiger charge is -2.11. The normalized spacial score (nSPS) is 10.2. The molecule has 21 heavy (non-hydrogen) atoms. The summed E-state index contributed by atoms with van der Waals surface area (Å²) >= 11 is 3.44. The highest BCUT2D eigenvalue weighted by Crippen LogP contribution is 2.23. The summed E-state index contributed by atoms with van der Waals surface area (Å²) in [5.74, 6) is -0.0967. The van der Waals surface area contributed by atoms with Crippen molar-refractivity contribution in [3.63, 3.8) is 0 Å². The highest BCUT2D eigenvalue weighted by Gasteiger charge is 2.07. The Morgan fingerprint density at radius 3 is 2.81 bits per heavy atom. The minimum atomic E-state index is -0.0967. The van der Waals surface area contributed by atoms with E-state index < -0.39 is 0 Å². The number of nitrogens with one attached hydrogen (secondary N) is 2. The van der Waals surface area contributed by atoms with Crippen molar-refractivity contribution in [2.75, 3.05) is 11.9 Å². The van der Waals surface area contributed by atoms with Crippen LogP contribution >= 0.6 is 15.9 Å². The predicted octanol–water partition coefficient (Wildman–Crippen LogP) is 4.04. The Morgan fingerprint density at radius 1 is 1.29 bits per heavy atom. The zero-order valence-electron chi connectivity index (χ0n) is 12.1. The Labute approximate surface area is 133 Å². The summed E-state index contributed by atoms with van der Waals surface area (Å²) in [5.41, 5.74) is 3.46. The summed E-state index contributed by atoms with van der Waals surface area (Å²) in [4.78, 5) is 16.1. The van der Waals surface area contributed by atoms with Gasteiger partial charge in [0.2, 0.25) is 0 Å². The molecule has 1 aromatic heterocycles. The fraction of sp³-hybridized carbons (Fsp3) is 0.250. The minimum Gasteiger partial charge on any atom is -0.354 e. The van der Waals surface area contributed by atoms with Gasteiger partial charge in [0.1, 0.15) is 0 Å². The molecular weight excluding hydrogens is 330 g/mol. The minimum absolute atomic E-state index is 0.0967. The summed E-state index contributed by atoms with van der Waals surface area (Å²) in [6.45, 7) is 4.72. The molecule has 0 aliphatic heterocycles. The van der Waals surface area contributed by atoms with Crippen LogP contribution in [-0.2, 0) is 0 Å². The number of hydrogen-bond acceptors (Lipinski definition) is 3. The molecule has 0 bridgehead atoms. The molecule has 5 heteroatoms. The van der Waals surface area contributed by atoms with Crippen molar-refractivity contribution in [3.8, 4) is 0 Å². The van der Waals surface area contributed by atoms with Crippen LogP contribution in [0.25, 0.3) is 0 Å². The zero-order chi connectivity index (χ0) is 15.2. The average Bonchev–Trinajstić information content (AvgIpc) is 2.48. The molecule has 1 amide bonds. The molecule has 0 fully saturated rings. The van der Waals surface area contributed by atoms with Gasteiger partial charge in [0.25, 0.3) is 5.91 Å². The molecule has 1 heterocycles. The number of anilines is 2. The lowest BCUT2D eigenvalue weighted by molar-refractivity contribution is 0.0953. The van der Waals surface area contributed by atoms with Crippen molar-refractivity contribution in [1.29, 1.82) is 0 Å². The third-order valence-electron chi connectivity index (χ3n) is 3.00. The highest BCUT2D eigenvalue weighted by molar-refractivity contribution is 9.10. The van der Waals surface area contributed by atoms with Gasteiger partial charge in [-0.3, -0.25) is 9.78 Å². The molecular formula is C16H18BrN3O. The lowest BCUT2D eigenvalue weighted by atomic mass is 10.2. The second-order valence-electron chi connectivity index (χ2n) is 4.80. The summed E-state index contributed by atoms with van der Waals surface area (Å²) in [6, 6.07) is 7.80. The number of amides is 1. The molecule has 0 atom stereocenters. The molecule has 0 unspecified atom stereocenters. The van der Waals surface area contributed by atoms with Crippen molar-refractivity contribution in [2.45, 2.75) is 20.3 Å². The van der Waals surface area contributed by atoms with E-state index in [1.165, 1.54) is 0 Å². The van der Waals surface area contributed by atoms with Crippen molar-refractivity contribution in [1.82, 2.24) is 10.3 Å². The first-order valence-electron chi connectivity index (χ1n) is 6.86. The van der Waals surface area contributed by atoms with Crippen LogP contribution < -0.4 is 10.6 Å². The third-order valence-corrected chi connectivity index (χ3v) is 3.50. The smallest absolute Gasteiger partial charge is 0.252 e. The number of benzene rings is 1. The van der Waals surface area contributed by atoms with Crippen LogP contribution in [0.4, 0.5) is 11.4 Å². The van der Waals surface area contributed by atoms with Crippen LogP contribution in [0.15, 0.2) is 41.1 Å². The fourth-order valence-electron chi connectivity index (χ4n) is 1.90. The fourth-order valence-corrected chi connectivity index (χ4v) is 2.37. The van der Waals surface area contributed by atoms with Gasteiger partial charge in [-0.05, 0) is 43.2 Å². The monoisotopic (exact) mass is 347 g/mol. The highest BCUT2D eigenvalue weighted by atomic mass is 79.9. The van der Waals surface area contributed by atoms with Gasteiger partial charge >= 0.3 is 0 Å². The lowest BCUT2D eigenvalue weighted by Crippen LogP contribution is -2.24.